The average molecular weight is 241 g/mol. The molecule has 0 spiro atoms. The topological polar surface area (TPSA) is 27.0 Å². The molecule has 0 aliphatic carbocycles. The van der Waals surface area contributed by atoms with E-state index in [0.717, 1.165) is 5.69 Å². The van der Waals surface area contributed by atoms with Crippen molar-refractivity contribution in [3.05, 3.63) is 40.4 Å². The number of benzene rings is 1. The van der Waals surface area contributed by atoms with Gasteiger partial charge in [0, 0.05) is 23.3 Å². The highest BCUT2D eigenvalue weighted by Crippen LogP contribution is 2.16. The maximum absolute atomic E-state index is 8.74. The lowest BCUT2D eigenvalue weighted by Gasteiger charge is -2.18. The average Bonchev–Trinajstić information content (AvgIpc) is 2.28. The summed E-state index contributed by atoms with van der Waals surface area (Å²) in [6.07, 6.45) is 0. The van der Waals surface area contributed by atoms with Gasteiger partial charge in [-0.05, 0) is 18.2 Å². The van der Waals surface area contributed by atoms with E-state index < -0.39 is 0 Å². The van der Waals surface area contributed by atoms with E-state index >= 15 is 0 Å². The fourth-order valence-corrected chi connectivity index (χ4v) is 1.41. The smallest absolute Gasteiger partial charge is 0.0992 e. The third-order valence-corrected chi connectivity index (χ3v) is 2.53. The van der Waals surface area contributed by atoms with Crippen LogP contribution in [0.2, 0.25) is 0 Å². The third kappa shape index (κ3) is 3.47. The van der Waals surface area contributed by atoms with E-state index in [1.165, 1.54) is 5.54 Å². The summed E-state index contributed by atoms with van der Waals surface area (Å²) < 4.78 is 0. The van der Waals surface area contributed by atoms with Crippen molar-refractivity contribution in [1.82, 2.24) is 0 Å². The molecule has 4 heteroatoms. The lowest BCUT2D eigenvalue weighted by molar-refractivity contribution is 1.02. The highest BCUT2D eigenvalue weighted by atomic mass is 35.5. The van der Waals surface area contributed by atoms with Gasteiger partial charge in [-0.25, -0.2) is 0 Å². The number of rotatable bonds is 3. The first kappa shape index (κ1) is 11.9. The largest absolute Gasteiger partial charge is 0.369 e. The molecule has 0 aliphatic heterocycles. The summed E-state index contributed by atoms with van der Waals surface area (Å²) in [4.78, 5) is 1.92. The second-order valence-electron chi connectivity index (χ2n) is 3.07. The molecule has 0 radical (unpaired) electrons. The maximum Gasteiger partial charge on any atom is 0.0992 e. The van der Waals surface area contributed by atoms with Crippen LogP contribution in [-0.2, 0) is 0 Å². The van der Waals surface area contributed by atoms with E-state index in [9.17, 15) is 0 Å². The summed E-state index contributed by atoms with van der Waals surface area (Å²) in [6, 6.07) is 9.41. The molecule has 78 valence electrons. The van der Waals surface area contributed by atoms with Crippen LogP contribution in [0.1, 0.15) is 5.56 Å². The predicted octanol–water partition coefficient (Wildman–Crippen LogP) is 3.31. The van der Waals surface area contributed by atoms with Gasteiger partial charge in [0.1, 0.15) is 0 Å². The Morgan fingerprint density at radius 2 is 2.33 bits per heavy atom. The van der Waals surface area contributed by atoms with Crippen LogP contribution in [0.4, 0.5) is 5.69 Å². The zero-order valence-corrected chi connectivity index (χ0v) is 9.76. The number of hydrogen-bond acceptors (Lipinski definition) is 2. The molecular formula is C11H10Cl2N2. The summed E-state index contributed by atoms with van der Waals surface area (Å²) in [5.74, 6) is 0. The normalized spacial score (nSPS) is 10.9. The van der Waals surface area contributed by atoms with Gasteiger partial charge >= 0.3 is 0 Å². The summed E-state index contributed by atoms with van der Waals surface area (Å²) in [7, 11) is 1.89. The van der Waals surface area contributed by atoms with Gasteiger partial charge in [0.05, 0.1) is 18.2 Å². The summed E-state index contributed by atoms with van der Waals surface area (Å²) in [6.45, 7) is 0.528. The molecule has 1 rings (SSSR count). The molecule has 0 atom stereocenters. The number of halogens is 2. The van der Waals surface area contributed by atoms with Gasteiger partial charge in [-0.3, -0.25) is 0 Å². The Hall–Kier alpha value is -1.17. The van der Waals surface area contributed by atoms with Crippen LogP contribution in [0.3, 0.4) is 0 Å². The van der Waals surface area contributed by atoms with Crippen LogP contribution in [0, 0.1) is 11.3 Å². The molecule has 0 saturated heterocycles. The Bertz CT molecular complexity index is 407. The van der Waals surface area contributed by atoms with E-state index in [-0.39, 0.29) is 0 Å². The van der Waals surface area contributed by atoms with E-state index in [1.54, 1.807) is 12.1 Å². The zero-order valence-electron chi connectivity index (χ0n) is 8.24. The first-order chi connectivity index (χ1) is 7.17. The van der Waals surface area contributed by atoms with Gasteiger partial charge in [-0.15, -0.1) is 0 Å². The fraction of sp³-hybridized carbons (Fsp3) is 0.182. The summed E-state index contributed by atoms with van der Waals surface area (Å²) >= 11 is 11.3. The Morgan fingerprint density at radius 3 is 2.93 bits per heavy atom. The first-order valence-corrected chi connectivity index (χ1v) is 5.15. The van der Waals surface area contributed by atoms with Crippen LogP contribution in [0.25, 0.3) is 0 Å². The molecule has 0 unspecified atom stereocenters. The van der Waals surface area contributed by atoms with Crippen molar-refractivity contribution in [2.24, 2.45) is 0 Å². The van der Waals surface area contributed by atoms with Crippen molar-refractivity contribution < 1.29 is 0 Å². The SMILES string of the molecule is CN(CC(Cl)=CCl)c1cccc(C#N)c1. The van der Waals surface area contributed by atoms with Crippen molar-refractivity contribution in [2.75, 3.05) is 18.5 Å². The zero-order chi connectivity index (χ0) is 11.3. The second-order valence-corrected chi connectivity index (χ2v) is 3.78. The van der Waals surface area contributed by atoms with Gasteiger partial charge < -0.3 is 4.90 Å². The third-order valence-electron chi connectivity index (χ3n) is 1.92. The number of nitrogens with zero attached hydrogens (tertiary/aromatic N) is 2. The lowest BCUT2D eigenvalue weighted by atomic mass is 10.2. The van der Waals surface area contributed by atoms with Crippen LogP contribution in [0.5, 0.6) is 0 Å². The van der Waals surface area contributed by atoms with Crippen molar-refractivity contribution in [3.8, 4) is 6.07 Å². The van der Waals surface area contributed by atoms with Crippen molar-refractivity contribution in [1.29, 1.82) is 5.26 Å². The minimum absolute atomic E-state index is 0.528. The number of likely N-dealkylation sites (N-methyl/N-ethyl adjacent to an activating group) is 1. The van der Waals surface area contributed by atoms with E-state index in [0.29, 0.717) is 17.1 Å². The molecule has 0 N–H and O–H groups in total. The van der Waals surface area contributed by atoms with Gasteiger partial charge in [0.2, 0.25) is 0 Å². The van der Waals surface area contributed by atoms with Crippen molar-refractivity contribution in [3.63, 3.8) is 0 Å². The molecule has 1 aromatic carbocycles. The van der Waals surface area contributed by atoms with Crippen LogP contribution >= 0.6 is 23.2 Å². The van der Waals surface area contributed by atoms with E-state index in [1.807, 2.05) is 24.1 Å². The van der Waals surface area contributed by atoms with Crippen LogP contribution in [0.15, 0.2) is 34.8 Å². The Morgan fingerprint density at radius 1 is 1.60 bits per heavy atom. The Labute approximate surface area is 99.3 Å². The van der Waals surface area contributed by atoms with E-state index in [4.69, 9.17) is 28.5 Å². The fourth-order valence-electron chi connectivity index (χ4n) is 1.17. The molecule has 0 aliphatic rings. The Kier molecular flexibility index (Phi) is 4.48. The first-order valence-electron chi connectivity index (χ1n) is 4.33. The number of nitriles is 1. The standard InChI is InChI=1S/C11H10Cl2N2/c1-15(8-10(13)6-12)11-4-2-3-9(5-11)7-14/h2-6H,8H2,1H3. The highest BCUT2D eigenvalue weighted by Gasteiger charge is 2.03. The van der Waals surface area contributed by atoms with Crippen molar-refractivity contribution >= 4 is 28.9 Å². The molecule has 1 aromatic rings. The second kappa shape index (κ2) is 5.65. The molecule has 15 heavy (non-hydrogen) atoms. The van der Waals surface area contributed by atoms with Gasteiger partial charge in [0.25, 0.3) is 0 Å². The van der Waals surface area contributed by atoms with Gasteiger partial charge in [-0.2, -0.15) is 5.26 Å². The molecule has 0 saturated carbocycles. The summed E-state index contributed by atoms with van der Waals surface area (Å²) in [5, 5.41) is 9.30. The monoisotopic (exact) mass is 240 g/mol. The predicted molar refractivity (Wildman–Crippen MR) is 64.2 cm³/mol. The van der Waals surface area contributed by atoms with E-state index in [2.05, 4.69) is 6.07 Å². The van der Waals surface area contributed by atoms with Gasteiger partial charge in [0.15, 0.2) is 0 Å². The molecule has 0 fully saturated rings. The minimum Gasteiger partial charge on any atom is -0.369 e. The molecule has 0 bridgehead atoms. The quantitative estimate of drug-likeness (QED) is 0.811. The van der Waals surface area contributed by atoms with Crippen molar-refractivity contribution in [2.45, 2.75) is 0 Å². The molecule has 0 aromatic heterocycles. The molecular weight excluding hydrogens is 231 g/mol. The molecule has 2 nitrogen and oxygen atoms in total. The molecule has 0 amide bonds. The Balaban J connectivity index is 2.83. The van der Waals surface area contributed by atoms with Crippen LogP contribution < -0.4 is 4.90 Å². The minimum atomic E-state index is 0.528. The lowest BCUT2D eigenvalue weighted by Crippen LogP contribution is -2.18. The summed E-state index contributed by atoms with van der Waals surface area (Å²) in [5.41, 5.74) is 2.91. The number of hydrogen-bond donors (Lipinski definition) is 0. The van der Waals surface area contributed by atoms with Crippen LogP contribution in [-0.4, -0.2) is 13.6 Å². The molecule has 0 heterocycles. The maximum atomic E-state index is 8.74. The highest BCUT2D eigenvalue weighted by molar-refractivity contribution is 6.36. The number of anilines is 1. The van der Waals surface area contributed by atoms with Gasteiger partial charge in [-0.1, -0.05) is 29.3 Å².